The van der Waals surface area contributed by atoms with E-state index < -0.39 is 9.04 Å². The lowest BCUT2D eigenvalue weighted by molar-refractivity contribution is -0.00399. The van der Waals surface area contributed by atoms with Crippen LogP contribution in [0.2, 0.25) is 13.1 Å². The van der Waals surface area contributed by atoms with Crippen LogP contribution >= 0.6 is 0 Å². The summed E-state index contributed by atoms with van der Waals surface area (Å²) in [5, 5.41) is 4.20. The van der Waals surface area contributed by atoms with Crippen molar-refractivity contribution in [1.29, 1.82) is 0 Å². The Morgan fingerprint density at radius 2 is 1.77 bits per heavy atom. The average molecular weight is 500 g/mol. The topological polar surface area (TPSA) is 55.7 Å². The van der Waals surface area contributed by atoms with E-state index in [4.69, 9.17) is 9.16 Å². The largest absolute Gasteiger partial charge is 0.490 e. The summed E-state index contributed by atoms with van der Waals surface area (Å²) in [5.74, 6) is 1.33. The van der Waals surface area contributed by atoms with Crippen LogP contribution in [0.4, 0.5) is 0 Å². The van der Waals surface area contributed by atoms with Crippen molar-refractivity contribution in [2.75, 3.05) is 19.6 Å². The molecule has 35 heavy (non-hydrogen) atoms. The Balaban J connectivity index is 1.64. The molecule has 6 nitrogen and oxygen atoms in total. The SMILES string of the molecule is CC(C)N1CCC(Oc2ccc3c(c2)cc2n3[C@H](C(O[SiH](C)C)C(C)(C)C(C)C)CNC2=O)CC1. The summed E-state index contributed by atoms with van der Waals surface area (Å²) in [6, 6.07) is 8.99. The predicted octanol–water partition coefficient (Wildman–Crippen LogP) is 5.23. The lowest BCUT2D eigenvalue weighted by Gasteiger charge is -2.45. The molecule has 0 saturated carbocycles. The molecule has 1 fully saturated rings. The van der Waals surface area contributed by atoms with Crippen LogP contribution in [0.5, 0.6) is 5.75 Å². The molecule has 2 aliphatic rings. The smallest absolute Gasteiger partial charge is 0.268 e. The third-order valence-electron chi connectivity index (χ3n) is 8.35. The van der Waals surface area contributed by atoms with Crippen LogP contribution in [0.15, 0.2) is 24.3 Å². The van der Waals surface area contributed by atoms with Crippen molar-refractivity contribution in [3.63, 3.8) is 0 Å². The molecular weight excluding hydrogens is 454 g/mol. The van der Waals surface area contributed by atoms with Crippen molar-refractivity contribution in [2.24, 2.45) is 11.3 Å². The highest BCUT2D eigenvalue weighted by Crippen LogP contribution is 2.41. The number of hydrogen-bond donors (Lipinski definition) is 1. The van der Waals surface area contributed by atoms with Crippen molar-refractivity contribution >= 4 is 25.9 Å². The highest BCUT2D eigenvalue weighted by Gasteiger charge is 2.43. The predicted molar refractivity (Wildman–Crippen MR) is 146 cm³/mol. The Labute approximate surface area is 213 Å². The van der Waals surface area contributed by atoms with Gasteiger partial charge in [-0.1, -0.05) is 27.7 Å². The molecule has 0 spiro atoms. The minimum Gasteiger partial charge on any atom is -0.490 e. The van der Waals surface area contributed by atoms with E-state index in [1.54, 1.807) is 0 Å². The summed E-state index contributed by atoms with van der Waals surface area (Å²) in [6.07, 6.45) is 2.37. The van der Waals surface area contributed by atoms with Gasteiger partial charge in [-0.3, -0.25) is 4.79 Å². The highest BCUT2D eigenvalue weighted by atomic mass is 28.3. The van der Waals surface area contributed by atoms with Gasteiger partial charge in [-0.15, -0.1) is 0 Å². The molecular formula is C28H45N3O3Si. The van der Waals surface area contributed by atoms with Gasteiger partial charge in [-0.2, -0.15) is 0 Å². The van der Waals surface area contributed by atoms with E-state index >= 15 is 0 Å². The number of carbonyl (C=O) groups is 1. The van der Waals surface area contributed by atoms with E-state index in [9.17, 15) is 4.79 Å². The molecule has 0 bridgehead atoms. The van der Waals surface area contributed by atoms with Crippen molar-refractivity contribution < 1.29 is 14.0 Å². The number of nitrogens with one attached hydrogen (secondary N) is 1. The van der Waals surface area contributed by atoms with Gasteiger partial charge in [-0.25, -0.2) is 0 Å². The summed E-state index contributed by atoms with van der Waals surface area (Å²) in [5.41, 5.74) is 1.77. The van der Waals surface area contributed by atoms with E-state index in [2.05, 4.69) is 87.6 Å². The normalized spacial score (nSPS) is 21.1. The Morgan fingerprint density at radius 3 is 2.37 bits per heavy atom. The first-order chi connectivity index (χ1) is 16.5. The second kappa shape index (κ2) is 10.3. The zero-order valence-corrected chi connectivity index (χ0v) is 24.1. The maximum atomic E-state index is 12.9. The number of fused-ring (bicyclic) bond motifs is 3. The van der Waals surface area contributed by atoms with E-state index in [0.29, 0.717) is 18.5 Å². The van der Waals surface area contributed by atoms with Gasteiger partial charge in [0.1, 0.15) is 17.5 Å². The molecule has 1 aromatic heterocycles. The molecule has 4 rings (SSSR count). The summed E-state index contributed by atoms with van der Waals surface area (Å²) >= 11 is 0. The molecule has 7 heteroatoms. The van der Waals surface area contributed by atoms with Crippen LogP contribution in [0.25, 0.3) is 10.9 Å². The van der Waals surface area contributed by atoms with Crippen LogP contribution in [0.1, 0.15) is 70.9 Å². The summed E-state index contributed by atoms with van der Waals surface area (Å²) < 4.78 is 15.4. The fourth-order valence-electron chi connectivity index (χ4n) is 5.53. The van der Waals surface area contributed by atoms with Gasteiger partial charge < -0.3 is 23.9 Å². The Morgan fingerprint density at radius 1 is 1.09 bits per heavy atom. The lowest BCUT2D eigenvalue weighted by Crippen LogP contribution is -2.51. The van der Waals surface area contributed by atoms with Crippen molar-refractivity contribution in [3.05, 3.63) is 30.0 Å². The number of nitrogens with zero attached hydrogens (tertiary/aromatic N) is 2. The van der Waals surface area contributed by atoms with Crippen LogP contribution in [-0.2, 0) is 4.43 Å². The van der Waals surface area contributed by atoms with E-state index in [0.717, 1.165) is 48.3 Å². The number of hydrogen-bond acceptors (Lipinski definition) is 4. The molecule has 0 radical (unpaired) electrons. The molecule has 2 aliphatic heterocycles. The van der Waals surface area contributed by atoms with E-state index in [-0.39, 0.29) is 29.6 Å². The van der Waals surface area contributed by atoms with Gasteiger partial charge in [0.05, 0.1) is 12.1 Å². The molecule has 2 atom stereocenters. The Kier molecular flexibility index (Phi) is 7.70. The van der Waals surface area contributed by atoms with Crippen LogP contribution in [-0.4, -0.2) is 62.3 Å². The molecule has 0 aliphatic carbocycles. The minimum atomic E-state index is -1.30. The molecule has 1 amide bonds. The van der Waals surface area contributed by atoms with Gasteiger partial charge in [0.15, 0.2) is 9.04 Å². The zero-order chi connectivity index (χ0) is 25.5. The summed E-state index contributed by atoms with van der Waals surface area (Å²) in [4.78, 5) is 15.4. The Bertz CT molecular complexity index is 1040. The third-order valence-corrected chi connectivity index (χ3v) is 9.18. The van der Waals surface area contributed by atoms with E-state index in [1.807, 2.05) is 6.07 Å². The molecule has 194 valence electrons. The fourth-order valence-corrected chi connectivity index (χ4v) is 6.65. The fraction of sp³-hybridized carbons (Fsp3) is 0.679. The average Bonchev–Trinajstić information content (AvgIpc) is 3.18. The minimum absolute atomic E-state index is 0.0103. The van der Waals surface area contributed by atoms with Gasteiger partial charge in [0.25, 0.3) is 5.91 Å². The number of likely N-dealkylation sites (tertiary alicyclic amines) is 1. The highest BCUT2D eigenvalue weighted by molar-refractivity contribution is 6.48. The summed E-state index contributed by atoms with van der Waals surface area (Å²) in [7, 11) is -1.30. The van der Waals surface area contributed by atoms with Gasteiger partial charge in [0, 0.05) is 36.6 Å². The summed E-state index contributed by atoms with van der Waals surface area (Å²) in [6.45, 7) is 20.9. The number of carbonyl (C=O) groups excluding carboxylic acids is 1. The third kappa shape index (κ3) is 5.32. The van der Waals surface area contributed by atoms with Crippen molar-refractivity contribution in [1.82, 2.24) is 14.8 Å². The lowest BCUT2D eigenvalue weighted by atomic mass is 9.73. The van der Waals surface area contributed by atoms with Gasteiger partial charge in [0.2, 0.25) is 0 Å². The van der Waals surface area contributed by atoms with Crippen molar-refractivity contribution in [2.45, 2.75) is 91.8 Å². The maximum absolute atomic E-state index is 12.9. The molecule has 2 aromatic rings. The zero-order valence-electron chi connectivity index (χ0n) is 22.9. The van der Waals surface area contributed by atoms with Gasteiger partial charge in [-0.05, 0) is 75.4 Å². The van der Waals surface area contributed by atoms with Crippen LogP contribution in [0.3, 0.4) is 0 Å². The van der Waals surface area contributed by atoms with Gasteiger partial charge >= 0.3 is 0 Å². The van der Waals surface area contributed by atoms with Crippen LogP contribution in [0, 0.1) is 11.3 Å². The molecule has 3 heterocycles. The number of rotatable bonds is 8. The Hall–Kier alpha value is -1.83. The van der Waals surface area contributed by atoms with E-state index in [1.165, 1.54) is 0 Å². The number of benzene rings is 1. The number of amides is 1. The number of aromatic nitrogens is 1. The molecule has 1 N–H and O–H groups in total. The first kappa shape index (κ1) is 26.2. The molecule has 1 saturated heterocycles. The quantitative estimate of drug-likeness (QED) is 0.506. The number of ether oxygens (including phenoxy) is 1. The number of piperidine rings is 1. The first-order valence-corrected chi connectivity index (χ1v) is 16.3. The molecule has 1 aromatic carbocycles. The first-order valence-electron chi connectivity index (χ1n) is 13.5. The van der Waals surface area contributed by atoms with Crippen LogP contribution < -0.4 is 10.1 Å². The van der Waals surface area contributed by atoms with Crippen molar-refractivity contribution in [3.8, 4) is 5.75 Å². The second-order valence-electron chi connectivity index (χ2n) is 11.9. The maximum Gasteiger partial charge on any atom is 0.268 e. The second-order valence-corrected chi connectivity index (χ2v) is 14.3. The standard InChI is InChI=1S/C28H45N3O3Si/c1-18(2)28(5,6)26(34-35(7)8)25-17-29-27(32)24-16-20-15-22(9-10-23(20)31(24)25)33-21-11-13-30(14-12-21)19(3)4/h9-10,15-16,18-19,21,25-26,35H,11-14,17H2,1-8H3,(H,29,32)/t25-,26?/m0/s1. The molecule has 1 unspecified atom stereocenters. The monoisotopic (exact) mass is 499 g/mol.